The van der Waals surface area contributed by atoms with E-state index in [0.717, 1.165) is 6.20 Å². The van der Waals surface area contributed by atoms with E-state index in [0.29, 0.717) is 21.3 Å². The highest BCUT2D eigenvalue weighted by atomic mass is 35.5. The Morgan fingerprint density at radius 3 is 2.62 bits per heavy atom. The summed E-state index contributed by atoms with van der Waals surface area (Å²) in [4.78, 5) is 21.0. The lowest BCUT2D eigenvalue weighted by Crippen LogP contribution is -2.21. The van der Waals surface area contributed by atoms with Crippen molar-refractivity contribution in [1.82, 2.24) is 29.5 Å². The summed E-state index contributed by atoms with van der Waals surface area (Å²) >= 11 is 6.22. The van der Waals surface area contributed by atoms with Crippen LogP contribution < -0.4 is 5.32 Å². The molecular weight excluding hydrogens is 471 g/mol. The molecule has 4 aromatic heterocycles. The Labute approximate surface area is 194 Å². The molecule has 0 aliphatic rings. The van der Waals surface area contributed by atoms with Crippen molar-refractivity contribution in [2.24, 2.45) is 0 Å². The number of hydrogen-bond donors (Lipinski definition) is 1. The van der Waals surface area contributed by atoms with Gasteiger partial charge in [-0.25, -0.2) is 14.3 Å². The average molecular weight is 484 g/mol. The molecule has 0 unspecified atom stereocenters. The van der Waals surface area contributed by atoms with Crippen LogP contribution in [0.2, 0.25) is 5.02 Å². The van der Waals surface area contributed by atoms with Gasteiger partial charge in [-0.15, -0.1) is 0 Å². The summed E-state index contributed by atoms with van der Waals surface area (Å²) in [6.45, 7) is 0. The molecule has 0 aliphatic carbocycles. The van der Waals surface area contributed by atoms with E-state index in [1.165, 1.54) is 41.6 Å². The fourth-order valence-electron chi connectivity index (χ4n) is 3.51. The van der Waals surface area contributed by atoms with E-state index in [1.807, 2.05) is 0 Å². The monoisotopic (exact) mass is 483 g/mol. The van der Waals surface area contributed by atoms with Crippen LogP contribution in [-0.4, -0.2) is 35.4 Å². The highest BCUT2D eigenvalue weighted by molar-refractivity contribution is 6.32. The van der Waals surface area contributed by atoms with Crippen molar-refractivity contribution in [3.63, 3.8) is 0 Å². The third-order valence-corrected chi connectivity index (χ3v) is 5.25. The zero-order valence-corrected chi connectivity index (χ0v) is 17.8. The van der Waals surface area contributed by atoms with Gasteiger partial charge in [0.1, 0.15) is 0 Å². The molecule has 170 valence electrons. The summed E-state index contributed by atoms with van der Waals surface area (Å²) in [6.07, 6.45) is 3.43. The Morgan fingerprint density at radius 2 is 1.88 bits per heavy atom. The number of fused-ring (bicyclic) bond motifs is 1. The molecule has 0 aliphatic heterocycles. The van der Waals surface area contributed by atoms with Crippen LogP contribution in [0, 0.1) is 0 Å². The number of nitrogens with one attached hydrogen (secondary N) is 1. The first-order valence-corrected chi connectivity index (χ1v) is 10.2. The van der Waals surface area contributed by atoms with E-state index >= 15 is 0 Å². The van der Waals surface area contributed by atoms with Gasteiger partial charge < -0.3 is 5.32 Å². The van der Waals surface area contributed by atoms with E-state index in [9.17, 15) is 18.0 Å². The maximum Gasteiger partial charge on any atom is 0.434 e. The van der Waals surface area contributed by atoms with Gasteiger partial charge in [0.25, 0.3) is 5.91 Å². The Bertz CT molecular complexity index is 1510. The molecule has 1 amide bonds. The summed E-state index contributed by atoms with van der Waals surface area (Å²) in [7, 11) is 0. The van der Waals surface area contributed by atoms with Crippen molar-refractivity contribution in [3.8, 4) is 11.5 Å². The van der Waals surface area contributed by atoms with Gasteiger partial charge in [-0.3, -0.25) is 9.78 Å². The number of alkyl halides is 3. The number of pyridine rings is 2. The molecule has 1 aromatic carbocycles. The van der Waals surface area contributed by atoms with Gasteiger partial charge in [0, 0.05) is 30.2 Å². The molecule has 5 aromatic rings. The van der Waals surface area contributed by atoms with Crippen molar-refractivity contribution in [3.05, 3.63) is 89.9 Å². The van der Waals surface area contributed by atoms with Crippen LogP contribution >= 0.6 is 11.6 Å². The summed E-state index contributed by atoms with van der Waals surface area (Å²) < 4.78 is 44.4. The molecule has 0 saturated carbocycles. The van der Waals surface area contributed by atoms with Crippen LogP contribution in [0.1, 0.15) is 16.1 Å². The molecule has 1 N–H and O–H groups in total. The van der Waals surface area contributed by atoms with E-state index < -0.39 is 23.3 Å². The normalized spacial score (nSPS) is 11.6. The molecule has 0 bridgehead atoms. The fraction of sp³-hybridized carbons (Fsp3) is 0.0455. The standard InChI is InChI=1S/C22H13ClF3N7O/c23-17-9-14(10-28-20(17)32-8-2-6-29-32)31-21(34)16-12-30-33(19(16)22(24,25)26)18-4-1-3-13-5-7-27-11-15(13)18/h1-12H,(H,31,34). The van der Waals surface area contributed by atoms with Crippen molar-refractivity contribution in [2.45, 2.75) is 6.18 Å². The smallest absolute Gasteiger partial charge is 0.320 e. The van der Waals surface area contributed by atoms with Gasteiger partial charge in [0.05, 0.1) is 34.4 Å². The number of carbonyl (C=O) groups is 1. The molecular formula is C22H13ClF3N7O. The third-order valence-electron chi connectivity index (χ3n) is 4.97. The maximum absolute atomic E-state index is 14.1. The van der Waals surface area contributed by atoms with Crippen molar-refractivity contribution in [1.29, 1.82) is 0 Å². The number of anilines is 1. The van der Waals surface area contributed by atoms with Crippen molar-refractivity contribution < 1.29 is 18.0 Å². The Kier molecular flexibility index (Phi) is 5.25. The van der Waals surface area contributed by atoms with E-state index in [2.05, 4.69) is 25.5 Å². The van der Waals surface area contributed by atoms with Crippen LogP contribution in [0.3, 0.4) is 0 Å². The highest BCUT2D eigenvalue weighted by Crippen LogP contribution is 2.35. The number of carbonyl (C=O) groups excluding carboxylic acids is 1. The topological polar surface area (TPSA) is 90.5 Å². The van der Waals surface area contributed by atoms with Gasteiger partial charge in [0.15, 0.2) is 11.5 Å². The molecule has 0 atom stereocenters. The molecule has 0 saturated heterocycles. The molecule has 0 fully saturated rings. The van der Waals surface area contributed by atoms with Crippen LogP contribution in [0.25, 0.3) is 22.3 Å². The number of nitrogens with zero attached hydrogens (tertiary/aromatic N) is 6. The number of hydrogen-bond acceptors (Lipinski definition) is 5. The molecule has 8 nitrogen and oxygen atoms in total. The Morgan fingerprint density at radius 1 is 1.03 bits per heavy atom. The van der Waals surface area contributed by atoms with Gasteiger partial charge >= 0.3 is 6.18 Å². The van der Waals surface area contributed by atoms with Crippen LogP contribution in [0.15, 0.2) is 73.6 Å². The molecule has 0 spiro atoms. The van der Waals surface area contributed by atoms with Crippen LogP contribution in [0.4, 0.5) is 18.9 Å². The van der Waals surface area contributed by atoms with Gasteiger partial charge in [-0.1, -0.05) is 23.7 Å². The van der Waals surface area contributed by atoms with Crippen LogP contribution in [-0.2, 0) is 6.18 Å². The van der Waals surface area contributed by atoms with Gasteiger partial charge in [0.2, 0.25) is 0 Å². The number of rotatable bonds is 4. The zero-order valence-electron chi connectivity index (χ0n) is 17.0. The molecule has 12 heteroatoms. The first kappa shape index (κ1) is 21.6. The van der Waals surface area contributed by atoms with Crippen molar-refractivity contribution >= 4 is 34.0 Å². The minimum absolute atomic E-state index is 0.112. The Balaban J connectivity index is 1.53. The number of amides is 1. The minimum Gasteiger partial charge on any atom is -0.320 e. The largest absolute Gasteiger partial charge is 0.434 e. The molecule has 0 radical (unpaired) electrons. The number of aromatic nitrogens is 6. The highest BCUT2D eigenvalue weighted by Gasteiger charge is 2.41. The summed E-state index contributed by atoms with van der Waals surface area (Å²) in [6, 6.07) is 9.55. The average Bonchev–Trinajstić information content (AvgIpc) is 3.49. The second-order valence-electron chi connectivity index (χ2n) is 7.12. The predicted octanol–water partition coefficient (Wildman–Crippen LogP) is 4.93. The summed E-state index contributed by atoms with van der Waals surface area (Å²) in [5.74, 6) is -0.709. The summed E-state index contributed by atoms with van der Waals surface area (Å²) in [5, 5.41) is 11.6. The minimum atomic E-state index is -4.87. The lowest BCUT2D eigenvalue weighted by Gasteiger charge is -2.14. The van der Waals surface area contributed by atoms with Gasteiger partial charge in [-0.2, -0.15) is 23.4 Å². The van der Waals surface area contributed by atoms with E-state index in [1.54, 1.807) is 30.5 Å². The first-order valence-electron chi connectivity index (χ1n) is 9.78. The lowest BCUT2D eigenvalue weighted by molar-refractivity contribution is -0.143. The molecule has 4 heterocycles. The maximum atomic E-state index is 14.1. The van der Waals surface area contributed by atoms with Crippen molar-refractivity contribution in [2.75, 3.05) is 5.32 Å². The van der Waals surface area contributed by atoms with Gasteiger partial charge in [-0.05, 0) is 29.7 Å². The Hall–Kier alpha value is -4.25. The second-order valence-corrected chi connectivity index (χ2v) is 7.53. The predicted molar refractivity (Wildman–Crippen MR) is 118 cm³/mol. The molecule has 5 rings (SSSR count). The number of halogens is 4. The summed E-state index contributed by atoms with van der Waals surface area (Å²) in [5.41, 5.74) is -1.61. The first-order chi connectivity index (χ1) is 16.3. The SMILES string of the molecule is O=C(Nc1cnc(-n2cccn2)c(Cl)c1)c1cnn(-c2cccc3ccncc23)c1C(F)(F)F. The number of benzene rings is 1. The van der Waals surface area contributed by atoms with E-state index in [-0.39, 0.29) is 16.4 Å². The van der Waals surface area contributed by atoms with E-state index in [4.69, 9.17) is 11.6 Å². The van der Waals surface area contributed by atoms with Crippen LogP contribution in [0.5, 0.6) is 0 Å². The second kappa shape index (κ2) is 8.27. The third kappa shape index (κ3) is 3.86. The fourth-order valence-corrected chi connectivity index (χ4v) is 3.77. The lowest BCUT2D eigenvalue weighted by atomic mass is 10.1. The zero-order chi connectivity index (χ0) is 23.9. The quantitative estimate of drug-likeness (QED) is 0.391. The molecule has 34 heavy (non-hydrogen) atoms.